The third kappa shape index (κ3) is 4.60. The molecule has 0 aliphatic rings. The van der Waals surface area contributed by atoms with Gasteiger partial charge in [0.05, 0.1) is 6.04 Å². The molecule has 0 aromatic rings. The molecule has 3 atom stereocenters. The molecular formula is C13H25F2N. The smallest absolute Gasteiger partial charge is 0.118 e. The molecule has 0 aromatic heterocycles. The second-order valence-electron chi connectivity index (χ2n) is 5.79. The van der Waals surface area contributed by atoms with Crippen LogP contribution in [0.2, 0.25) is 0 Å². The van der Waals surface area contributed by atoms with Gasteiger partial charge in [-0.25, -0.2) is 8.78 Å². The fraction of sp³-hybridized carbons (Fsp3) is 0.846. The zero-order valence-electron chi connectivity index (χ0n) is 11.5. The summed E-state index contributed by atoms with van der Waals surface area (Å²) < 4.78 is 26.7. The highest BCUT2D eigenvalue weighted by Gasteiger charge is 2.32. The summed E-state index contributed by atoms with van der Waals surface area (Å²) in [7, 11) is 3.65. The van der Waals surface area contributed by atoms with Gasteiger partial charge in [-0.1, -0.05) is 27.7 Å². The molecule has 0 heterocycles. The Bertz CT molecular complexity index is 239. The second-order valence-corrected chi connectivity index (χ2v) is 5.79. The average molecular weight is 233 g/mol. The number of nitrogens with zero attached hydrogens (tertiary/aromatic N) is 1. The Balaban J connectivity index is 5.03. The molecular weight excluding hydrogens is 208 g/mol. The summed E-state index contributed by atoms with van der Waals surface area (Å²) in [5.41, 5.74) is -0.0142. The summed E-state index contributed by atoms with van der Waals surface area (Å²) in [4.78, 5) is 1.81. The van der Waals surface area contributed by atoms with Gasteiger partial charge in [-0.15, -0.1) is 0 Å². The summed E-state index contributed by atoms with van der Waals surface area (Å²) in [6.07, 6.45) is -0.179. The van der Waals surface area contributed by atoms with E-state index in [1.165, 1.54) is 6.92 Å². The van der Waals surface area contributed by atoms with Crippen molar-refractivity contribution in [1.82, 2.24) is 4.90 Å². The number of allylic oxidation sites excluding steroid dienone is 1. The molecule has 0 aliphatic carbocycles. The Morgan fingerprint density at radius 2 is 1.62 bits per heavy atom. The van der Waals surface area contributed by atoms with E-state index in [-0.39, 0.29) is 23.2 Å². The van der Waals surface area contributed by atoms with E-state index in [9.17, 15) is 8.78 Å². The van der Waals surface area contributed by atoms with Crippen molar-refractivity contribution in [3.63, 3.8) is 0 Å². The van der Waals surface area contributed by atoms with E-state index < -0.39 is 6.17 Å². The van der Waals surface area contributed by atoms with Crippen LogP contribution in [0.4, 0.5) is 8.78 Å². The van der Waals surface area contributed by atoms with Gasteiger partial charge in [0.2, 0.25) is 0 Å². The van der Waals surface area contributed by atoms with E-state index in [0.717, 1.165) is 6.08 Å². The van der Waals surface area contributed by atoms with Crippen LogP contribution in [-0.2, 0) is 0 Å². The maximum atomic E-state index is 13.9. The van der Waals surface area contributed by atoms with Gasteiger partial charge in [-0.05, 0) is 38.4 Å². The van der Waals surface area contributed by atoms with E-state index in [0.29, 0.717) is 0 Å². The highest BCUT2D eigenvalue weighted by Crippen LogP contribution is 2.33. The lowest BCUT2D eigenvalue weighted by molar-refractivity contribution is 0.130. The Kier molecular flexibility index (Phi) is 5.60. The third-order valence-corrected chi connectivity index (χ3v) is 3.07. The molecule has 1 nitrogen and oxygen atoms in total. The number of likely N-dealkylation sites (N-methyl/N-ethyl adjacent to an activating group) is 1. The molecule has 0 bridgehead atoms. The molecule has 3 heteroatoms. The molecule has 0 N–H and O–H groups in total. The lowest BCUT2D eigenvalue weighted by atomic mass is 9.76. The van der Waals surface area contributed by atoms with E-state index >= 15 is 0 Å². The molecule has 0 radical (unpaired) electrons. The molecule has 0 rings (SSSR count). The predicted molar refractivity (Wildman–Crippen MR) is 65.9 cm³/mol. The van der Waals surface area contributed by atoms with Gasteiger partial charge in [-0.2, -0.15) is 0 Å². The Morgan fingerprint density at radius 3 is 1.88 bits per heavy atom. The van der Waals surface area contributed by atoms with E-state index in [1.807, 2.05) is 25.9 Å². The largest absolute Gasteiger partial charge is 0.300 e. The first kappa shape index (κ1) is 15.6. The average Bonchev–Trinajstić information content (AvgIpc) is 1.99. The van der Waals surface area contributed by atoms with E-state index in [4.69, 9.17) is 0 Å². The fourth-order valence-electron chi connectivity index (χ4n) is 1.72. The topological polar surface area (TPSA) is 3.24 Å². The molecule has 16 heavy (non-hydrogen) atoms. The molecule has 0 fully saturated rings. The molecule has 0 amide bonds. The number of hydrogen-bond donors (Lipinski definition) is 0. The highest BCUT2D eigenvalue weighted by molar-refractivity contribution is 5.08. The molecule has 0 spiro atoms. The SMILES string of the molecule is CC(F)/C=C(/F)C([C@@H](C)C(C)(C)C)N(C)C. The second kappa shape index (κ2) is 5.76. The fourth-order valence-corrected chi connectivity index (χ4v) is 1.72. The minimum Gasteiger partial charge on any atom is -0.300 e. The molecule has 0 aliphatic heterocycles. The van der Waals surface area contributed by atoms with Crippen LogP contribution >= 0.6 is 0 Å². The van der Waals surface area contributed by atoms with E-state index in [2.05, 4.69) is 20.8 Å². The van der Waals surface area contributed by atoms with Crippen LogP contribution in [-0.4, -0.2) is 31.2 Å². The first-order valence-electron chi connectivity index (χ1n) is 5.75. The molecule has 0 saturated carbocycles. The van der Waals surface area contributed by atoms with Crippen molar-refractivity contribution in [1.29, 1.82) is 0 Å². The molecule has 0 aromatic carbocycles. The van der Waals surface area contributed by atoms with Crippen LogP contribution in [0, 0.1) is 11.3 Å². The van der Waals surface area contributed by atoms with Crippen molar-refractivity contribution in [3.8, 4) is 0 Å². The minimum absolute atomic E-state index is 0.0142. The van der Waals surface area contributed by atoms with Crippen molar-refractivity contribution >= 4 is 0 Å². The summed E-state index contributed by atoms with van der Waals surface area (Å²) >= 11 is 0. The Labute approximate surface area is 98.5 Å². The predicted octanol–water partition coefficient (Wildman–Crippen LogP) is 3.81. The van der Waals surface area contributed by atoms with Crippen molar-refractivity contribution in [2.45, 2.75) is 46.8 Å². The summed E-state index contributed by atoms with van der Waals surface area (Å²) in [6, 6.07) is -0.363. The standard InChI is InChI=1S/C13H25F2N/c1-9(14)8-11(15)12(16(6)7)10(2)13(3,4)5/h8-10,12H,1-7H3/b11-8+/t9?,10-,12?/m1/s1. The lowest BCUT2D eigenvalue weighted by Gasteiger charge is -2.37. The zero-order chi connectivity index (χ0) is 13.1. The van der Waals surface area contributed by atoms with Crippen molar-refractivity contribution in [3.05, 3.63) is 11.9 Å². The number of rotatable bonds is 4. The Morgan fingerprint density at radius 1 is 1.19 bits per heavy atom. The zero-order valence-corrected chi connectivity index (χ0v) is 11.5. The summed E-state index contributed by atoms with van der Waals surface area (Å²) in [5.74, 6) is -0.264. The van der Waals surface area contributed by atoms with Crippen molar-refractivity contribution < 1.29 is 8.78 Å². The quantitative estimate of drug-likeness (QED) is 0.713. The Hall–Kier alpha value is -0.440. The van der Waals surface area contributed by atoms with Gasteiger partial charge in [0.15, 0.2) is 0 Å². The first-order valence-corrected chi connectivity index (χ1v) is 5.75. The van der Waals surface area contributed by atoms with Crippen LogP contribution in [0.1, 0.15) is 34.6 Å². The number of hydrogen-bond acceptors (Lipinski definition) is 1. The van der Waals surface area contributed by atoms with Gasteiger partial charge in [0, 0.05) is 0 Å². The lowest BCUT2D eigenvalue weighted by Crippen LogP contribution is -2.40. The van der Waals surface area contributed by atoms with Crippen LogP contribution in [0.25, 0.3) is 0 Å². The molecule has 2 unspecified atom stereocenters. The van der Waals surface area contributed by atoms with Crippen LogP contribution in [0.3, 0.4) is 0 Å². The van der Waals surface area contributed by atoms with Gasteiger partial charge in [0.1, 0.15) is 12.0 Å². The third-order valence-electron chi connectivity index (χ3n) is 3.07. The van der Waals surface area contributed by atoms with Crippen molar-refractivity contribution in [2.24, 2.45) is 11.3 Å². The van der Waals surface area contributed by atoms with Gasteiger partial charge < -0.3 is 4.90 Å². The normalized spacial score (nSPS) is 19.8. The van der Waals surface area contributed by atoms with Gasteiger partial charge >= 0.3 is 0 Å². The number of halogens is 2. The molecule has 96 valence electrons. The first-order chi connectivity index (χ1) is 7.07. The maximum absolute atomic E-state index is 13.9. The van der Waals surface area contributed by atoms with E-state index in [1.54, 1.807) is 0 Å². The highest BCUT2D eigenvalue weighted by atomic mass is 19.1. The van der Waals surface area contributed by atoms with Crippen molar-refractivity contribution in [2.75, 3.05) is 14.1 Å². The van der Waals surface area contributed by atoms with Crippen LogP contribution in [0.5, 0.6) is 0 Å². The monoisotopic (exact) mass is 233 g/mol. The summed E-state index contributed by atoms with van der Waals surface area (Å²) in [6.45, 7) is 9.55. The van der Waals surface area contributed by atoms with Gasteiger partial charge in [0.25, 0.3) is 0 Å². The minimum atomic E-state index is -1.24. The van der Waals surface area contributed by atoms with Gasteiger partial charge in [-0.3, -0.25) is 0 Å². The number of alkyl halides is 1. The van der Waals surface area contributed by atoms with Crippen LogP contribution < -0.4 is 0 Å². The van der Waals surface area contributed by atoms with Crippen LogP contribution in [0.15, 0.2) is 11.9 Å². The maximum Gasteiger partial charge on any atom is 0.118 e. The molecule has 0 saturated heterocycles. The summed E-state index contributed by atoms with van der Waals surface area (Å²) in [5, 5.41) is 0.